The number of aromatic nitrogens is 1. The van der Waals surface area contributed by atoms with Crippen LogP contribution < -0.4 is 10.6 Å². The molecule has 0 radical (unpaired) electrons. The number of rotatable bonds is 3. The molecule has 0 aliphatic carbocycles. The Morgan fingerprint density at radius 2 is 2.15 bits per heavy atom. The minimum Gasteiger partial charge on any atom is -0.384 e. The number of hydrogen-bond donors (Lipinski definition) is 1. The van der Waals surface area contributed by atoms with Crippen molar-refractivity contribution in [1.82, 2.24) is 4.98 Å². The molecule has 1 saturated heterocycles. The highest BCUT2D eigenvalue weighted by Gasteiger charge is 2.30. The summed E-state index contributed by atoms with van der Waals surface area (Å²) in [6.45, 7) is 1.55. The molecule has 1 aliphatic heterocycles. The van der Waals surface area contributed by atoms with Crippen molar-refractivity contribution in [3.8, 4) is 0 Å². The second kappa shape index (κ2) is 4.63. The van der Waals surface area contributed by atoms with Crippen LogP contribution in [0.5, 0.6) is 0 Å². The molecule has 2 heterocycles. The van der Waals surface area contributed by atoms with Gasteiger partial charge in [-0.05, 0) is 17.5 Å². The van der Waals surface area contributed by atoms with E-state index < -0.39 is 9.84 Å². The van der Waals surface area contributed by atoms with E-state index in [4.69, 9.17) is 5.73 Å². The number of benzene rings is 1. The number of nitrogen functional groups attached to an aromatic ring is 1. The number of sulfone groups is 1. The summed E-state index contributed by atoms with van der Waals surface area (Å²) in [5.74, 6) is 0.995. The van der Waals surface area contributed by atoms with Crippen molar-refractivity contribution < 1.29 is 8.42 Å². The Balaban J connectivity index is 1.83. The van der Waals surface area contributed by atoms with Gasteiger partial charge in [0.05, 0.1) is 5.75 Å². The molecule has 0 atom stereocenters. The average Bonchev–Trinajstić information content (AvgIpc) is 2.31. The highest BCUT2D eigenvalue weighted by molar-refractivity contribution is 7.90. The minimum absolute atomic E-state index is 0.224. The Bertz CT molecular complexity index is 752. The van der Waals surface area contributed by atoms with Crippen LogP contribution in [0, 0.1) is 5.92 Å². The summed E-state index contributed by atoms with van der Waals surface area (Å²) in [5.41, 5.74) is 6.79. The third-order valence-electron chi connectivity index (χ3n) is 3.60. The lowest BCUT2D eigenvalue weighted by Gasteiger charge is -2.41. The van der Waals surface area contributed by atoms with Gasteiger partial charge in [-0.1, -0.05) is 12.1 Å². The highest BCUT2D eigenvalue weighted by Crippen LogP contribution is 2.32. The molecule has 1 aliphatic rings. The second-order valence-corrected chi connectivity index (χ2v) is 7.66. The van der Waals surface area contributed by atoms with E-state index in [1.54, 1.807) is 6.20 Å². The zero-order valence-corrected chi connectivity index (χ0v) is 12.1. The van der Waals surface area contributed by atoms with Crippen LogP contribution in [-0.4, -0.2) is 38.5 Å². The summed E-state index contributed by atoms with van der Waals surface area (Å²) in [7, 11) is -2.89. The first-order chi connectivity index (χ1) is 9.42. The number of hydrogen-bond acceptors (Lipinski definition) is 5. The summed E-state index contributed by atoms with van der Waals surface area (Å²) in [6, 6.07) is 7.88. The Hall–Kier alpha value is -1.82. The van der Waals surface area contributed by atoms with E-state index in [9.17, 15) is 8.42 Å². The van der Waals surface area contributed by atoms with Gasteiger partial charge >= 0.3 is 0 Å². The largest absolute Gasteiger partial charge is 0.384 e. The van der Waals surface area contributed by atoms with Gasteiger partial charge in [0.2, 0.25) is 0 Å². The maximum absolute atomic E-state index is 11.3. The van der Waals surface area contributed by atoms with Crippen molar-refractivity contribution in [1.29, 1.82) is 0 Å². The van der Waals surface area contributed by atoms with Gasteiger partial charge in [-0.25, -0.2) is 13.4 Å². The number of pyridine rings is 1. The molecule has 0 unspecified atom stereocenters. The third-order valence-corrected chi connectivity index (χ3v) is 4.68. The molecule has 20 heavy (non-hydrogen) atoms. The van der Waals surface area contributed by atoms with E-state index in [0.29, 0.717) is 5.82 Å². The maximum Gasteiger partial charge on any atom is 0.147 e. The Morgan fingerprint density at radius 3 is 2.85 bits per heavy atom. The van der Waals surface area contributed by atoms with E-state index in [1.807, 2.05) is 24.3 Å². The molecule has 2 aromatic rings. The van der Waals surface area contributed by atoms with E-state index in [1.165, 1.54) is 6.26 Å². The van der Waals surface area contributed by atoms with Crippen LogP contribution in [0.4, 0.5) is 11.5 Å². The lowest BCUT2D eigenvalue weighted by molar-refractivity contribution is 0.445. The van der Waals surface area contributed by atoms with Crippen LogP contribution in [0.1, 0.15) is 0 Å². The number of anilines is 2. The first-order valence-electron chi connectivity index (χ1n) is 6.49. The summed E-state index contributed by atoms with van der Waals surface area (Å²) < 4.78 is 22.6. The SMILES string of the molecule is CS(=O)(=O)CC1CN(c2cccc3cc(N)ncc23)C1. The predicted octanol–water partition coefficient (Wildman–Crippen LogP) is 1.30. The van der Waals surface area contributed by atoms with Crippen molar-refractivity contribution in [2.75, 3.05) is 35.7 Å². The quantitative estimate of drug-likeness (QED) is 0.922. The van der Waals surface area contributed by atoms with Crippen LogP contribution in [0.2, 0.25) is 0 Å². The van der Waals surface area contributed by atoms with Crippen LogP contribution in [0.3, 0.4) is 0 Å². The van der Waals surface area contributed by atoms with Crippen molar-refractivity contribution >= 4 is 32.1 Å². The second-order valence-electron chi connectivity index (χ2n) is 5.47. The summed E-state index contributed by atoms with van der Waals surface area (Å²) in [6.07, 6.45) is 3.07. The molecule has 0 bridgehead atoms. The first-order valence-corrected chi connectivity index (χ1v) is 8.55. The number of fused-ring (bicyclic) bond motifs is 1. The highest BCUT2D eigenvalue weighted by atomic mass is 32.2. The van der Waals surface area contributed by atoms with Gasteiger partial charge in [-0.15, -0.1) is 0 Å². The molecule has 0 saturated carbocycles. The molecule has 1 aromatic heterocycles. The monoisotopic (exact) mass is 291 g/mol. The van der Waals surface area contributed by atoms with Gasteiger partial charge in [-0.3, -0.25) is 0 Å². The fourth-order valence-electron chi connectivity index (χ4n) is 2.75. The van der Waals surface area contributed by atoms with E-state index in [-0.39, 0.29) is 11.7 Å². The molecule has 3 rings (SSSR count). The average molecular weight is 291 g/mol. The maximum atomic E-state index is 11.3. The fraction of sp³-hybridized carbons (Fsp3) is 0.357. The Morgan fingerprint density at radius 1 is 1.40 bits per heavy atom. The van der Waals surface area contributed by atoms with Gasteiger partial charge in [-0.2, -0.15) is 0 Å². The van der Waals surface area contributed by atoms with Gasteiger partial charge in [0.15, 0.2) is 0 Å². The summed E-state index contributed by atoms with van der Waals surface area (Å²) >= 11 is 0. The molecule has 1 fully saturated rings. The molecule has 0 spiro atoms. The number of nitrogens with two attached hydrogens (primary N) is 1. The lowest BCUT2D eigenvalue weighted by Crippen LogP contribution is -2.49. The summed E-state index contributed by atoms with van der Waals surface area (Å²) in [5, 5.41) is 2.11. The van der Waals surface area contributed by atoms with Gasteiger partial charge in [0, 0.05) is 42.5 Å². The van der Waals surface area contributed by atoms with Crippen LogP contribution in [0.25, 0.3) is 10.8 Å². The van der Waals surface area contributed by atoms with E-state index in [2.05, 4.69) is 9.88 Å². The molecular weight excluding hydrogens is 274 g/mol. The lowest BCUT2D eigenvalue weighted by atomic mass is 9.99. The van der Waals surface area contributed by atoms with Gasteiger partial charge in [0.25, 0.3) is 0 Å². The molecular formula is C14H17N3O2S. The van der Waals surface area contributed by atoms with Gasteiger partial charge < -0.3 is 10.6 Å². The van der Waals surface area contributed by atoms with Crippen molar-refractivity contribution in [3.63, 3.8) is 0 Å². The molecule has 2 N–H and O–H groups in total. The van der Waals surface area contributed by atoms with Crippen molar-refractivity contribution in [2.24, 2.45) is 5.92 Å². The van der Waals surface area contributed by atoms with Crippen LogP contribution in [0.15, 0.2) is 30.5 Å². The first kappa shape index (κ1) is 13.2. The predicted molar refractivity (Wildman–Crippen MR) is 81.6 cm³/mol. The smallest absolute Gasteiger partial charge is 0.147 e. The van der Waals surface area contributed by atoms with Gasteiger partial charge in [0.1, 0.15) is 15.7 Å². The molecule has 1 aromatic carbocycles. The fourth-order valence-corrected chi connectivity index (χ4v) is 3.82. The Kier molecular flexibility index (Phi) is 3.05. The topological polar surface area (TPSA) is 76.3 Å². The van der Waals surface area contributed by atoms with Crippen molar-refractivity contribution in [2.45, 2.75) is 0 Å². The molecule has 0 amide bonds. The molecule has 106 valence electrons. The number of nitrogens with zero attached hydrogens (tertiary/aromatic N) is 2. The zero-order valence-electron chi connectivity index (χ0n) is 11.3. The third kappa shape index (κ3) is 2.56. The van der Waals surface area contributed by atoms with E-state index >= 15 is 0 Å². The molecule has 5 nitrogen and oxygen atoms in total. The minimum atomic E-state index is -2.89. The normalized spacial score (nSPS) is 16.4. The standard InChI is InChI=1S/C14H17N3O2S/c1-20(18,19)9-10-7-17(8-10)13-4-2-3-11-5-14(15)16-6-12(11)13/h2-6,10H,7-9H2,1H3,(H2,15,16). The summed E-state index contributed by atoms with van der Waals surface area (Å²) in [4.78, 5) is 6.33. The Labute approximate surface area is 118 Å². The van der Waals surface area contributed by atoms with E-state index in [0.717, 1.165) is 29.5 Å². The van der Waals surface area contributed by atoms with Crippen LogP contribution in [-0.2, 0) is 9.84 Å². The van der Waals surface area contributed by atoms with Crippen LogP contribution >= 0.6 is 0 Å². The molecule has 6 heteroatoms. The zero-order chi connectivity index (χ0) is 14.3. The van der Waals surface area contributed by atoms with Crippen molar-refractivity contribution in [3.05, 3.63) is 30.5 Å².